The molecule has 0 spiro atoms. The van der Waals surface area contributed by atoms with Crippen molar-refractivity contribution >= 4 is 0 Å². The topological polar surface area (TPSA) is 0 Å². The molecule has 0 rings (SSSR count). The molecule has 0 fully saturated rings. The van der Waals surface area contributed by atoms with Gasteiger partial charge < -0.3 is 0 Å². The summed E-state index contributed by atoms with van der Waals surface area (Å²) in [7, 11) is 0. The molecule has 0 unspecified atom stereocenters. The van der Waals surface area contributed by atoms with Gasteiger partial charge in [-0.15, -0.1) is 17.8 Å². The van der Waals surface area contributed by atoms with Crippen LogP contribution in [0.5, 0.6) is 0 Å². The summed E-state index contributed by atoms with van der Waals surface area (Å²) in [4.78, 5) is 0. The lowest BCUT2D eigenvalue weighted by atomic mass is 10.2. The van der Waals surface area contributed by atoms with Gasteiger partial charge in [-0.05, 0) is 0 Å². The summed E-state index contributed by atoms with van der Waals surface area (Å²) >= 11 is 0. The Kier molecular flexibility index (Phi) is 6.65. The Morgan fingerprint density at radius 2 is 2.00 bits per heavy atom. The third-order valence-corrected chi connectivity index (χ3v) is 0.980. The lowest BCUT2D eigenvalue weighted by molar-refractivity contribution is 0.866. The molecular weight excluding hydrogens is 132 g/mol. The molecule has 0 aromatic rings. The van der Waals surface area contributed by atoms with Crippen molar-refractivity contribution in [1.29, 1.82) is 0 Å². The summed E-state index contributed by atoms with van der Waals surface area (Å²) in [6.07, 6.45) is 3.65. The molecular formula is C11H15. The Hall–Kier alpha value is -0.880. The second-order valence-electron chi connectivity index (χ2n) is 2.56. The minimum Gasteiger partial charge on any atom is -0.104 e. The predicted octanol–water partition coefficient (Wildman–Crippen LogP) is 2.65. The van der Waals surface area contributed by atoms with E-state index in [-0.39, 0.29) is 0 Å². The molecule has 1 radical (unpaired) electrons. The minimum atomic E-state index is 0.463. The molecule has 0 aromatic carbocycles. The zero-order valence-corrected chi connectivity index (χ0v) is 7.57. The zero-order valence-electron chi connectivity index (χ0n) is 7.57. The van der Waals surface area contributed by atoms with E-state index in [4.69, 9.17) is 0 Å². The van der Waals surface area contributed by atoms with E-state index in [2.05, 4.69) is 37.5 Å². The smallest absolute Gasteiger partial charge is 0.0459 e. The fourth-order valence-electron chi connectivity index (χ4n) is 0.525. The van der Waals surface area contributed by atoms with E-state index < -0.39 is 0 Å². The second-order valence-corrected chi connectivity index (χ2v) is 2.56. The van der Waals surface area contributed by atoms with E-state index in [1.54, 1.807) is 0 Å². The number of hydrogen-bond donors (Lipinski definition) is 0. The van der Waals surface area contributed by atoms with Gasteiger partial charge in [0.25, 0.3) is 0 Å². The zero-order chi connectivity index (χ0) is 8.53. The number of rotatable bonds is 1. The highest BCUT2D eigenvalue weighted by molar-refractivity contribution is 5.15. The Balaban J connectivity index is 3.36. The van der Waals surface area contributed by atoms with Crippen molar-refractivity contribution in [1.82, 2.24) is 0 Å². The van der Waals surface area contributed by atoms with E-state index in [9.17, 15) is 0 Å². The molecule has 0 bridgehead atoms. The molecule has 0 saturated carbocycles. The molecule has 0 aliphatic carbocycles. The second kappa shape index (κ2) is 7.23. The lowest BCUT2D eigenvalue weighted by Gasteiger charge is -1.85. The van der Waals surface area contributed by atoms with Crippen LogP contribution in [0.25, 0.3) is 0 Å². The van der Waals surface area contributed by atoms with Gasteiger partial charge in [-0.25, -0.2) is 0 Å². The molecule has 0 aliphatic heterocycles. The van der Waals surface area contributed by atoms with Gasteiger partial charge in [0.15, 0.2) is 0 Å². The van der Waals surface area contributed by atoms with Gasteiger partial charge in [-0.3, -0.25) is 0 Å². The highest BCUT2D eigenvalue weighted by Gasteiger charge is 1.80. The largest absolute Gasteiger partial charge is 0.104 e. The Morgan fingerprint density at radius 1 is 1.27 bits per heavy atom. The fourth-order valence-corrected chi connectivity index (χ4v) is 0.525. The van der Waals surface area contributed by atoms with Crippen LogP contribution in [0.4, 0.5) is 0 Å². The monoisotopic (exact) mass is 147 g/mol. The van der Waals surface area contributed by atoms with Crippen LogP contribution < -0.4 is 0 Å². The van der Waals surface area contributed by atoms with Crippen LogP contribution in [-0.4, -0.2) is 0 Å². The Morgan fingerprint density at radius 3 is 2.55 bits per heavy atom. The Bertz CT molecular complexity index is 190. The molecule has 0 heterocycles. The van der Waals surface area contributed by atoms with Crippen LogP contribution in [0, 0.1) is 36.0 Å². The van der Waals surface area contributed by atoms with E-state index in [0.717, 1.165) is 12.8 Å². The molecule has 0 nitrogen and oxygen atoms in total. The first-order valence-corrected chi connectivity index (χ1v) is 4.05. The van der Waals surface area contributed by atoms with Crippen molar-refractivity contribution in [3.63, 3.8) is 0 Å². The molecule has 0 aromatic heterocycles. The third kappa shape index (κ3) is 9.12. The summed E-state index contributed by atoms with van der Waals surface area (Å²) < 4.78 is 0. The van der Waals surface area contributed by atoms with Gasteiger partial charge in [0.2, 0.25) is 0 Å². The summed E-state index contributed by atoms with van der Waals surface area (Å²) in [5.74, 6) is 12.5. The van der Waals surface area contributed by atoms with Crippen molar-refractivity contribution in [2.24, 2.45) is 5.92 Å². The molecule has 59 valence electrons. The van der Waals surface area contributed by atoms with Crippen molar-refractivity contribution in [2.75, 3.05) is 0 Å². The average molecular weight is 147 g/mol. The first kappa shape index (κ1) is 10.1. The summed E-state index contributed by atoms with van der Waals surface area (Å²) in [5.41, 5.74) is 0. The number of hydrogen-bond acceptors (Lipinski definition) is 0. The van der Waals surface area contributed by atoms with Gasteiger partial charge in [0.1, 0.15) is 0 Å². The van der Waals surface area contributed by atoms with Gasteiger partial charge in [0.05, 0.1) is 0 Å². The molecule has 11 heavy (non-hydrogen) atoms. The Labute approximate surface area is 70.4 Å². The fraction of sp³-hybridized carbons (Fsp3) is 0.545. The van der Waals surface area contributed by atoms with E-state index in [0.29, 0.717) is 5.92 Å². The summed E-state index contributed by atoms with van der Waals surface area (Å²) in [6.45, 7) is 6.21. The maximum atomic E-state index is 3.05. The quantitative estimate of drug-likeness (QED) is 0.395. The highest BCUT2D eigenvalue weighted by Crippen LogP contribution is 1.88. The molecule has 0 atom stereocenters. The van der Waals surface area contributed by atoms with Crippen molar-refractivity contribution < 1.29 is 0 Å². The van der Waals surface area contributed by atoms with Crippen LogP contribution in [0.2, 0.25) is 0 Å². The van der Waals surface area contributed by atoms with E-state index >= 15 is 0 Å². The van der Waals surface area contributed by atoms with Gasteiger partial charge in [0, 0.05) is 25.2 Å². The molecule has 0 heteroatoms. The van der Waals surface area contributed by atoms with Crippen molar-refractivity contribution in [3.05, 3.63) is 6.42 Å². The molecule has 0 aliphatic rings. The average Bonchev–Trinajstić information content (AvgIpc) is 1.96. The van der Waals surface area contributed by atoms with Crippen molar-refractivity contribution in [2.45, 2.75) is 33.6 Å². The standard InChI is InChI=1S/C11H15/c1-4-5-6-7-8-9-10-11(2)3/h8,11H,4,7H2,1-3H3. The lowest BCUT2D eigenvalue weighted by Crippen LogP contribution is -1.77. The van der Waals surface area contributed by atoms with Gasteiger partial charge >= 0.3 is 0 Å². The normalized spacial score (nSPS) is 8.00. The third-order valence-electron chi connectivity index (χ3n) is 0.980. The number of unbranched alkanes of at least 4 members (excludes halogenated alkanes) is 1. The molecule has 0 N–H and O–H groups in total. The van der Waals surface area contributed by atoms with Crippen LogP contribution in [-0.2, 0) is 0 Å². The van der Waals surface area contributed by atoms with Gasteiger partial charge in [-0.2, -0.15) is 0 Å². The maximum Gasteiger partial charge on any atom is 0.0459 e. The van der Waals surface area contributed by atoms with Crippen LogP contribution in [0.15, 0.2) is 0 Å². The van der Waals surface area contributed by atoms with Crippen LogP contribution >= 0.6 is 0 Å². The molecule has 0 saturated heterocycles. The highest BCUT2D eigenvalue weighted by atomic mass is 13.8. The van der Waals surface area contributed by atoms with E-state index in [1.165, 1.54) is 0 Å². The minimum absolute atomic E-state index is 0.463. The van der Waals surface area contributed by atoms with Crippen LogP contribution in [0.1, 0.15) is 33.6 Å². The van der Waals surface area contributed by atoms with Crippen molar-refractivity contribution in [3.8, 4) is 23.7 Å². The first-order chi connectivity index (χ1) is 5.27. The maximum absolute atomic E-state index is 3.05. The van der Waals surface area contributed by atoms with Gasteiger partial charge in [-0.1, -0.05) is 26.7 Å². The molecule has 0 amide bonds. The van der Waals surface area contributed by atoms with E-state index in [1.807, 2.05) is 13.3 Å². The predicted molar refractivity (Wildman–Crippen MR) is 49.6 cm³/mol. The first-order valence-electron chi connectivity index (χ1n) is 4.05. The SMILES string of the molecule is CCC#CC[CH]C#CC(C)C. The van der Waals surface area contributed by atoms with Crippen LogP contribution in [0.3, 0.4) is 0 Å². The summed E-state index contributed by atoms with van der Waals surface area (Å²) in [5, 5.41) is 0. The summed E-state index contributed by atoms with van der Waals surface area (Å²) in [6, 6.07) is 0.